The molecule has 0 saturated carbocycles. The van der Waals surface area contributed by atoms with E-state index in [1.165, 1.54) is 0 Å². The van der Waals surface area contributed by atoms with Crippen molar-refractivity contribution in [3.8, 4) is 5.75 Å². The summed E-state index contributed by atoms with van der Waals surface area (Å²) in [6.07, 6.45) is 0. The second-order valence-corrected chi connectivity index (χ2v) is 5.79. The van der Waals surface area contributed by atoms with Crippen molar-refractivity contribution in [3.05, 3.63) is 23.2 Å². The summed E-state index contributed by atoms with van der Waals surface area (Å²) in [5, 5.41) is 9.72. The first-order valence-corrected chi connectivity index (χ1v) is 7.04. The number of rotatable bonds is 7. The molecule has 0 heterocycles. The van der Waals surface area contributed by atoms with E-state index in [1.54, 1.807) is 26.2 Å². The maximum atomic E-state index is 11.1. The van der Waals surface area contributed by atoms with E-state index >= 15 is 0 Å². The topological polar surface area (TPSA) is 49.8 Å². The summed E-state index contributed by atoms with van der Waals surface area (Å²) in [6.45, 7) is 7.05. The number of methoxy groups -OCH3 is 1. The zero-order chi connectivity index (χ0) is 15.3. The first-order valence-electron chi connectivity index (χ1n) is 6.66. The van der Waals surface area contributed by atoms with Crippen LogP contribution in [0.2, 0.25) is 5.02 Å². The maximum Gasteiger partial charge on any atom is 0.308 e. The first kappa shape index (κ1) is 16.6. The van der Waals surface area contributed by atoms with Gasteiger partial charge in [0.1, 0.15) is 5.75 Å². The number of halogens is 1. The lowest BCUT2D eigenvalue weighted by Crippen LogP contribution is -2.34. The highest BCUT2D eigenvalue weighted by Crippen LogP contribution is 2.32. The number of aliphatic carboxylic acids is 1. The number of benzene rings is 1. The van der Waals surface area contributed by atoms with E-state index in [2.05, 4.69) is 13.8 Å². The van der Waals surface area contributed by atoms with Crippen LogP contribution in [0.4, 0.5) is 5.69 Å². The summed E-state index contributed by atoms with van der Waals surface area (Å²) in [6, 6.07) is 5.38. The second-order valence-electron chi connectivity index (χ2n) is 5.35. The third kappa shape index (κ3) is 4.60. The van der Waals surface area contributed by atoms with E-state index in [0.29, 0.717) is 23.2 Å². The van der Waals surface area contributed by atoms with Crippen molar-refractivity contribution < 1.29 is 14.6 Å². The molecule has 0 spiro atoms. The van der Waals surface area contributed by atoms with E-state index in [0.717, 1.165) is 12.2 Å². The molecule has 1 unspecified atom stereocenters. The Labute approximate surface area is 125 Å². The average molecular weight is 300 g/mol. The predicted octanol–water partition coefficient (Wildman–Crippen LogP) is 3.53. The van der Waals surface area contributed by atoms with Crippen molar-refractivity contribution >= 4 is 23.3 Å². The van der Waals surface area contributed by atoms with Crippen LogP contribution in [0, 0.1) is 11.8 Å². The largest absolute Gasteiger partial charge is 0.495 e. The minimum atomic E-state index is -0.806. The molecular formula is C15H22ClNO3. The lowest BCUT2D eigenvalue weighted by Gasteiger charge is -2.29. The molecule has 1 N–H and O–H groups in total. The summed E-state index contributed by atoms with van der Waals surface area (Å²) in [7, 11) is 1.60. The van der Waals surface area contributed by atoms with Gasteiger partial charge in [0.25, 0.3) is 0 Å². The Balaban J connectivity index is 3.09. The summed E-state index contributed by atoms with van der Waals surface area (Å²) < 4.78 is 5.36. The Morgan fingerprint density at radius 1 is 1.35 bits per heavy atom. The number of carboxylic acid groups (broad SMARTS) is 1. The van der Waals surface area contributed by atoms with Crippen molar-refractivity contribution in [2.24, 2.45) is 11.8 Å². The Bertz CT molecular complexity index is 462. The number of carboxylic acids is 1. The van der Waals surface area contributed by atoms with Gasteiger partial charge in [-0.05, 0) is 24.1 Å². The Morgan fingerprint density at radius 3 is 2.50 bits per heavy atom. The van der Waals surface area contributed by atoms with E-state index in [1.807, 2.05) is 11.0 Å². The average Bonchev–Trinajstić information content (AvgIpc) is 2.37. The molecule has 0 saturated heterocycles. The van der Waals surface area contributed by atoms with E-state index < -0.39 is 11.9 Å². The van der Waals surface area contributed by atoms with Crippen molar-refractivity contribution in [2.75, 3.05) is 25.1 Å². The van der Waals surface area contributed by atoms with Crippen LogP contribution in [-0.4, -0.2) is 31.3 Å². The minimum absolute atomic E-state index is 0.402. The van der Waals surface area contributed by atoms with Gasteiger partial charge >= 0.3 is 5.97 Å². The number of nitrogens with zero attached hydrogens (tertiary/aromatic N) is 1. The number of hydrogen-bond acceptors (Lipinski definition) is 3. The summed E-state index contributed by atoms with van der Waals surface area (Å²) in [4.78, 5) is 13.1. The zero-order valence-electron chi connectivity index (χ0n) is 12.4. The summed E-state index contributed by atoms with van der Waals surface area (Å²) in [5.41, 5.74) is 0.835. The van der Waals surface area contributed by atoms with Crippen LogP contribution in [0.15, 0.2) is 18.2 Å². The van der Waals surface area contributed by atoms with Gasteiger partial charge in [-0.3, -0.25) is 4.79 Å². The van der Waals surface area contributed by atoms with Crippen LogP contribution in [0.25, 0.3) is 0 Å². The second kappa shape index (κ2) is 7.39. The van der Waals surface area contributed by atoms with E-state index in [4.69, 9.17) is 21.4 Å². The van der Waals surface area contributed by atoms with Crippen LogP contribution in [0.5, 0.6) is 5.75 Å². The molecule has 0 amide bonds. The molecule has 1 aromatic carbocycles. The highest BCUT2D eigenvalue weighted by molar-refractivity contribution is 6.30. The number of carbonyl (C=O) groups is 1. The molecule has 1 atom stereocenters. The molecule has 1 aromatic rings. The maximum absolute atomic E-state index is 11.1. The molecule has 0 fully saturated rings. The molecule has 0 bridgehead atoms. The molecule has 0 aromatic heterocycles. The predicted molar refractivity (Wildman–Crippen MR) is 81.9 cm³/mol. The number of hydrogen-bond donors (Lipinski definition) is 1. The molecular weight excluding hydrogens is 278 g/mol. The zero-order valence-corrected chi connectivity index (χ0v) is 13.1. The van der Waals surface area contributed by atoms with E-state index in [9.17, 15) is 4.79 Å². The highest BCUT2D eigenvalue weighted by Gasteiger charge is 2.20. The van der Waals surface area contributed by atoms with Gasteiger partial charge in [0, 0.05) is 18.1 Å². The van der Waals surface area contributed by atoms with Crippen LogP contribution in [0.3, 0.4) is 0 Å². The molecule has 0 aliphatic rings. The van der Waals surface area contributed by atoms with Gasteiger partial charge < -0.3 is 14.7 Å². The van der Waals surface area contributed by atoms with Gasteiger partial charge in [0.05, 0.1) is 18.7 Å². The van der Waals surface area contributed by atoms with Crippen molar-refractivity contribution in [1.29, 1.82) is 0 Å². The van der Waals surface area contributed by atoms with Crippen molar-refractivity contribution in [3.63, 3.8) is 0 Å². The van der Waals surface area contributed by atoms with Crippen molar-refractivity contribution in [1.82, 2.24) is 0 Å². The monoisotopic (exact) mass is 299 g/mol. The fourth-order valence-electron chi connectivity index (χ4n) is 2.03. The van der Waals surface area contributed by atoms with Gasteiger partial charge in [-0.1, -0.05) is 32.4 Å². The standard InChI is InChI=1S/C15H22ClNO3/c1-10(2)8-17(9-11(3)15(18)19)13-7-12(16)5-6-14(13)20-4/h5-7,10-11H,8-9H2,1-4H3,(H,18,19). The minimum Gasteiger partial charge on any atom is -0.495 e. The van der Waals surface area contributed by atoms with Gasteiger partial charge in [0.2, 0.25) is 0 Å². The highest BCUT2D eigenvalue weighted by atomic mass is 35.5. The lowest BCUT2D eigenvalue weighted by atomic mass is 10.1. The van der Waals surface area contributed by atoms with Gasteiger partial charge in [-0.15, -0.1) is 0 Å². The van der Waals surface area contributed by atoms with Crippen molar-refractivity contribution in [2.45, 2.75) is 20.8 Å². The summed E-state index contributed by atoms with van der Waals surface area (Å²) >= 11 is 6.05. The molecule has 5 heteroatoms. The Morgan fingerprint density at radius 2 is 2.00 bits per heavy atom. The van der Waals surface area contributed by atoms with Gasteiger partial charge in [-0.2, -0.15) is 0 Å². The normalized spacial score (nSPS) is 12.3. The number of ether oxygens (including phenoxy) is 1. The van der Waals surface area contributed by atoms with Crippen LogP contribution < -0.4 is 9.64 Å². The molecule has 4 nitrogen and oxygen atoms in total. The molecule has 1 rings (SSSR count). The third-order valence-corrected chi connectivity index (χ3v) is 3.22. The molecule has 0 aliphatic carbocycles. The summed E-state index contributed by atoms with van der Waals surface area (Å²) in [5.74, 6) is -0.162. The smallest absolute Gasteiger partial charge is 0.308 e. The lowest BCUT2D eigenvalue weighted by molar-refractivity contribution is -0.140. The Kier molecular flexibility index (Phi) is 6.14. The third-order valence-electron chi connectivity index (χ3n) is 2.98. The Hall–Kier alpha value is -1.42. The molecule has 0 radical (unpaired) electrons. The SMILES string of the molecule is COc1ccc(Cl)cc1N(CC(C)C)CC(C)C(=O)O. The van der Waals surface area contributed by atoms with Crippen LogP contribution >= 0.6 is 11.6 Å². The molecule has 20 heavy (non-hydrogen) atoms. The fraction of sp³-hybridized carbons (Fsp3) is 0.533. The van der Waals surface area contributed by atoms with Crippen LogP contribution in [-0.2, 0) is 4.79 Å². The molecule has 112 valence electrons. The van der Waals surface area contributed by atoms with E-state index in [-0.39, 0.29) is 0 Å². The fourth-order valence-corrected chi connectivity index (χ4v) is 2.20. The van der Waals surface area contributed by atoms with Crippen LogP contribution in [0.1, 0.15) is 20.8 Å². The first-order chi connectivity index (χ1) is 9.35. The van der Waals surface area contributed by atoms with Gasteiger partial charge in [0.15, 0.2) is 0 Å². The van der Waals surface area contributed by atoms with Gasteiger partial charge in [-0.25, -0.2) is 0 Å². The number of anilines is 1. The quantitative estimate of drug-likeness (QED) is 0.837. The molecule has 0 aliphatic heterocycles.